The summed E-state index contributed by atoms with van der Waals surface area (Å²) in [7, 11) is 0. The van der Waals surface area contributed by atoms with Gasteiger partial charge in [-0.15, -0.1) is 0 Å². The fraction of sp³-hybridized carbons (Fsp3) is 0.286. The predicted molar refractivity (Wildman–Crippen MR) is 74.7 cm³/mol. The lowest BCUT2D eigenvalue weighted by Gasteiger charge is -2.08. The summed E-state index contributed by atoms with van der Waals surface area (Å²) >= 11 is 0. The van der Waals surface area contributed by atoms with Gasteiger partial charge in [0.25, 0.3) is 5.91 Å². The Morgan fingerprint density at radius 3 is 3.00 bits per heavy atom. The van der Waals surface area contributed by atoms with Gasteiger partial charge < -0.3 is 15.8 Å². The van der Waals surface area contributed by atoms with Crippen LogP contribution in [-0.4, -0.2) is 34.9 Å². The highest BCUT2D eigenvalue weighted by atomic mass is 16.5. The number of nitrogens with zero attached hydrogens (tertiary/aromatic N) is 2. The van der Waals surface area contributed by atoms with Gasteiger partial charge in [0.1, 0.15) is 0 Å². The fourth-order valence-corrected chi connectivity index (χ4v) is 2.18. The summed E-state index contributed by atoms with van der Waals surface area (Å²) in [4.78, 5) is 12.1. The molecular formula is C14H16N4O2. The molecule has 3 N–H and O–H groups in total. The molecule has 20 heavy (non-hydrogen) atoms. The molecule has 1 saturated heterocycles. The third kappa shape index (κ3) is 2.50. The SMILES string of the molecule is Nc1ccccc1-n1ccc(C(=O)NC2CCOC2)n1. The van der Waals surface area contributed by atoms with Crippen molar-refractivity contribution >= 4 is 11.6 Å². The number of nitrogens with one attached hydrogen (secondary N) is 1. The molecule has 1 amide bonds. The number of anilines is 1. The van der Waals surface area contributed by atoms with E-state index in [4.69, 9.17) is 10.5 Å². The van der Waals surface area contributed by atoms with Crippen LogP contribution in [0.3, 0.4) is 0 Å². The second-order valence-electron chi connectivity index (χ2n) is 4.74. The third-order valence-electron chi connectivity index (χ3n) is 3.27. The van der Waals surface area contributed by atoms with Crippen LogP contribution in [0.25, 0.3) is 5.69 Å². The van der Waals surface area contributed by atoms with Gasteiger partial charge in [0.05, 0.1) is 24.0 Å². The molecule has 1 atom stereocenters. The van der Waals surface area contributed by atoms with Gasteiger partial charge in [-0.1, -0.05) is 12.1 Å². The minimum Gasteiger partial charge on any atom is -0.397 e. The van der Waals surface area contributed by atoms with Gasteiger partial charge >= 0.3 is 0 Å². The Labute approximate surface area is 116 Å². The van der Waals surface area contributed by atoms with E-state index >= 15 is 0 Å². The van der Waals surface area contributed by atoms with Crippen LogP contribution in [0.15, 0.2) is 36.5 Å². The molecule has 0 aliphatic carbocycles. The third-order valence-corrected chi connectivity index (χ3v) is 3.27. The summed E-state index contributed by atoms with van der Waals surface area (Å²) < 4.78 is 6.83. The minimum absolute atomic E-state index is 0.0782. The maximum absolute atomic E-state index is 12.1. The Morgan fingerprint density at radius 1 is 1.40 bits per heavy atom. The molecule has 0 radical (unpaired) electrons. The average Bonchev–Trinajstić information content (AvgIpc) is 3.10. The number of ether oxygens (including phenoxy) is 1. The van der Waals surface area contributed by atoms with Crippen LogP contribution in [0.5, 0.6) is 0 Å². The minimum atomic E-state index is -0.186. The maximum atomic E-state index is 12.1. The topological polar surface area (TPSA) is 82.2 Å². The Hall–Kier alpha value is -2.34. The highest BCUT2D eigenvalue weighted by Gasteiger charge is 2.20. The number of nitrogens with two attached hydrogens (primary N) is 1. The van der Waals surface area contributed by atoms with Gasteiger partial charge in [-0.25, -0.2) is 4.68 Å². The molecule has 6 heteroatoms. The molecule has 1 aliphatic rings. The second kappa shape index (κ2) is 5.34. The molecule has 0 spiro atoms. The lowest BCUT2D eigenvalue weighted by Crippen LogP contribution is -2.35. The Balaban J connectivity index is 1.76. The summed E-state index contributed by atoms with van der Waals surface area (Å²) in [5.41, 5.74) is 7.64. The summed E-state index contributed by atoms with van der Waals surface area (Å²) in [5.74, 6) is -0.186. The maximum Gasteiger partial charge on any atom is 0.272 e. The molecule has 6 nitrogen and oxygen atoms in total. The van der Waals surface area contributed by atoms with Crippen LogP contribution < -0.4 is 11.1 Å². The average molecular weight is 272 g/mol. The first-order chi connectivity index (χ1) is 9.74. The first-order valence-electron chi connectivity index (χ1n) is 6.53. The van der Waals surface area contributed by atoms with Crippen LogP contribution in [0.4, 0.5) is 5.69 Å². The van der Waals surface area contributed by atoms with E-state index in [1.54, 1.807) is 23.0 Å². The van der Waals surface area contributed by atoms with Crippen LogP contribution >= 0.6 is 0 Å². The summed E-state index contributed by atoms with van der Waals surface area (Å²) in [6.07, 6.45) is 2.57. The number of aromatic nitrogens is 2. The first kappa shape index (κ1) is 12.7. The molecule has 1 aromatic heterocycles. The van der Waals surface area contributed by atoms with E-state index in [2.05, 4.69) is 10.4 Å². The van der Waals surface area contributed by atoms with Crippen molar-refractivity contribution in [2.45, 2.75) is 12.5 Å². The normalized spacial score (nSPS) is 18.1. The number of para-hydroxylation sites is 2. The van der Waals surface area contributed by atoms with Crippen molar-refractivity contribution in [3.05, 3.63) is 42.2 Å². The van der Waals surface area contributed by atoms with Gasteiger partial charge in [0, 0.05) is 12.8 Å². The molecule has 1 aromatic carbocycles. The van der Waals surface area contributed by atoms with E-state index in [0.717, 1.165) is 12.1 Å². The van der Waals surface area contributed by atoms with E-state index in [0.29, 0.717) is 24.6 Å². The van der Waals surface area contributed by atoms with E-state index in [1.165, 1.54) is 0 Å². The summed E-state index contributed by atoms with van der Waals surface area (Å²) in [6, 6.07) is 9.15. The number of carbonyl (C=O) groups excluding carboxylic acids is 1. The number of nitrogen functional groups attached to an aromatic ring is 1. The molecule has 0 bridgehead atoms. The summed E-state index contributed by atoms with van der Waals surface area (Å²) in [6.45, 7) is 1.26. The van der Waals surface area contributed by atoms with Gasteiger partial charge in [-0.2, -0.15) is 5.10 Å². The van der Waals surface area contributed by atoms with Crippen molar-refractivity contribution in [3.8, 4) is 5.69 Å². The largest absolute Gasteiger partial charge is 0.397 e. The number of hydrogen-bond donors (Lipinski definition) is 2. The zero-order valence-electron chi connectivity index (χ0n) is 11.0. The number of rotatable bonds is 3. The zero-order chi connectivity index (χ0) is 13.9. The van der Waals surface area contributed by atoms with Crippen molar-refractivity contribution in [1.29, 1.82) is 0 Å². The molecule has 2 heterocycles. The molecule has 0 saturated carbocycles. The standard InChI is InChI=1S/C14H16N4O2/c15-11-3-1-2-4-13(11)18-7-5-12(17-18)14(19)16-10-6-8-20-9-10/h1-5,7,10H,6,8-9,15H2,(H,16,19). The monoisotopic (exact) mass is 272 g/mol. The first-order valence-corrected chi connectivity index (χ1v) is 6.53. The van der Waals surface area contributed by atoms with Crippen LogP contribution in [-0.2, 0) is 4.74 Å². The highest BCUT2D eigenvalue weighted by molar-refractivity contribution is 5.92. The van der Waals surface area contributed by atoms with Gasteiger partial charge in [-0.05, 0) is 24.6 Å². The predicted octanol–water partition coefficient (Wildman–Crippen LogP) is 0.973. The van der Waals surface area contributed by atoms with Crippen molar-refractivity contribution in [3.63, 3.8) is 0 Å². The second-order valence-corrected chi connectivity index (χ2v) is 4.74. The van der Waals surface area contributed by atoms with Gasteiger partial charge in [0.15, 0.2) is 5.69 Å². The van der Waals surface area contributed by atoms with Crippen LogP contribution in [0, 0.1) is 0 Å². The van der Waals surface area contributed by atoms with Crippen LogP contribution in [0.2, 0.25) is 0 Å². The van der Waals surface area contributed by atoms with Crippen molar-refractivity contribution in [1.82, 2.24) is 15.1 Å². The summed E-state index contributed by atoms with van der Waals surface area (Å²) in [5, 5.41) is 7.17. The molecule has 2 aromatic rings. The van der Waals surface area contributed by atoms with E-state index in [9.17, 15) is 4.79 Å². The quantitative estimate of drug-likeness (QED) is 0.816. The number of hydrogen-bond acceptors (Lipinski definition) is 4. The molecule has 3 rings (SSSR count). The van der Waals surface area contributed by atoms with Crippen molar-refractivity contribution in [2.24, 2.45) is 0 Å². The molecule has 1 aliphatic heterocycles. The van der Waals surface area contributed by atoms with E-state index in [-0.39, 0.29) is 11.9 Å². The smallest absolute Gasteiger partial charge is 0.272 e. The molecular weight excluding hydrogens is 256 g/mol. The van der Waals surface area contributed by atoms with Gasteiger partial charge in [-0.3, -0.25) is 4.79 Å². The molecule has 1 unspecified atom stereocenters. The number of carbonyl (C=O) groups is 1. The number of benzene rings is 1. The van der Waals surface area contributed by atoms with Crippen molar-refractivity contribution in [2.75, 3.05) is 18.9 Å². The lowest BCUT2D eigenvalue weighted by molar-refractivity contribution is 0.0924. The molecule has 104 valence electrons. The number of amides is 1. The van der Waals surface area contributed by atoms with Crippen molar-refractivity contribution < 1.29 is 9.53 Å². The Kier molecular flexibility index (Phi) is 3.39. The zero-order valence-corrected chi connectivity index (χ0v) is 11.0. The van der Waals surface area contributed by atoms with Crippen LogP contribution in [0.1, 0.15) is 16.9 Å². The lowest BCUT2D eigenvalue weighted by atomic mass is 10.2. The Bertz CT molecular complexity index is 617. The van der Waals surface area contributed by atoms with E-state index in [1.807, 2.05) is 18.2 Å². The Morgan fingerprint density at radius 2 is 2.25 bits per heavy atom. The highest BCUT2D eigenvalue weighted by Crippen LogP contribution is 2.15. The van der Waals surface area contributed by atoms with E-state index < -0.39 is 0 Å². The fourth-order valence-electron chi connectivity index (χ4n) is 2.18. The van der Waals surface area contributed by atoms with Gasteiger partial charge in [0.2, 0.25) is 0 Å². The molecule has 1 fully saturated rings.